The molecule has 0 aliphatic carbocycles. The van der Waals surface area contributed by atoms with Gasteiger partial charge in [0.2, 0.25) is 0 Å². The minimum Gasteiger partial charge on any atom is -0.370 e. The summed E-state index contributed by atoms with van der Waals surface area (Å²) in [5.41, 5.74) is 12.4. The van der Waals surface area contributed by atoms with Crippen molar-refractivity contribution in [2.24, 2.45) is 11.5 Å². The lowest BCUT2D eigenvalue weighted by Gasteiger charge is -2.03. The van der Waals surface area contributed by atoms with Crippen molar-refractivity contribution in [2.75, 3.05) is 5.32 Å². The first-order valence-corrected chi connectivity index (χ1v) is 3.62. The van der Waals surface area contributed by atoms with Crippen LogP contribution in [0.4, 0.5) is 5.69 Å². The molecule has 12 heavy (non-hydrogen) atoms. The molecule has 0 saturated carbocycles. The minimum absolute atomic E-state index is 0.0597. The predicted molar refractivity (Wildman–Crippen MR) is 49.9 cm³/mol. The second kappa shape index (κ2) is 3.73. The molecule has 0 aliphatic heterocycles. The zero-order valence-electron chi connectivity index (χ0n) is 6.67. The summed E-state index contributed by atoms with van der Waals surface area (Å²) >= 11 is 0. The predicted octanol–water partition coefficient (Wildman–Crippen LogP) is 0.451. The monoisotopic (exact) mass is 164 g/mol. The average molecular weight is 164 g/mol. The van der Waals surface area contributed by atoms with E-state index in [4.69, 9.17) is 16.9 Å². The summed E-state index contributed by atoms with van der Waals surface area (Å²) in [6, 6.07) is 7.46. The Morgan fingerprint density at radius 1 is 1.33 bits per heavy atom. The highest BCUT2D eigenvalue weighted by molar-refractivity contribution is 5.89. The average Bonchev–Trinajstić information content (AvgIpc) is 2.05. The summed E-state index contributed by atoms with van der Waals surface area (Å²) in [5.74, 6) is -0.0597. The Morgan fingerprint density at radius 2 is 1.92 bits per heavy atom. The number of nitrogens with one attached hydrogen (secondary N) is 2. The van der Waals surface area contributed by atoms with Crippen molar-refractivity contribution in [3.8, 4) is 0 Å². The Morgan fingerprint density at radius 3 is 2.33 bits per heavy atom. The molecule has 0 aliphatic rings. The fraction of sp³-hybridized carbons (Fsp3) is 0.125. The van der Waals surface area contributed by atoms with E-state index in [2.05, 4.69) is 5.32 Å². The largest absolute Gasteiger partial charge is 0.370 e. The van der Waals surface area contributed by atoms with Gasteiger partial charge in [-0.15, -0.1) is 0 Å². The minimum atomic E-state index is -0.0597. The molecule has 1 aromatic rings. The standard InChI is InChI=1S/C8H12N4/c9-5-6-1-3-7(4-2-6)12-8(10)11/h1-4H,5,9H2,(H4,10,11,12). The number of anilines is 1. The van der Waals surface area contributed by atoms with Gasteiger partial charge in [0.25, 0.3) is 0 Å². The maximum absolute atomic E-state index is 6.97. The van der Waals surface area contributed by atoms with Crippen molar-refractivity contribution >= 4 is 11.6 Å². The fourth-order valence-corrected chi connectivity index (χ4v) is 0.880. The van der Waals surface area contributed by atoms with E-state index in [1.807, 2.05) is 24.3 Å². The Hall–Kier alpha value is -1.55. The molecule has 4 heteroatoms. The summed E-state index contributed by atoms with van der Waals surface area (Å²) in [4.78, 5) is 0. The maximum Gasteiger partial charge on any atom is 0.190 e. The first kappa shape index (κ1) is 8.55. The van der Waals surface area contributed by atoms with E-state index in [-0.39, 0.29) is 5.96 Å². The van der Waals surface area contributed by atoms with E-state index >= 15 is 0 Å². The summed E-state index contributed by atoms with van der Waals surface area (Å²) in [6.45, 7) is 0.528. The molecule has 0 bridgehead atoms. The topological polar surface area (TPSA) is 87.9 Å². The van der Waals surface area contributed by atoms with Gasteiger partial charge in [0.1, 0.15) is 0 Å². The summed E-state index contributed by atoms with van der Waals surface area (Å²) in [5, 5.41) is 9.65. The molecule has 0 amide bonds. The van der Waals surface area contributed by atoms with Crippen LogP contribution in [-0.4, -0.2) is 5.96 Å². The van der Waals surface area contributed by atoms with Crippen molar-refractivity contribution in [1.82, 2.24) is 0 Å². The Bertz CT molecular complexity index is 265. The lowest BCUT2D eigenvalue weighted by molar-refractivity contribution is 1.07. The Kier molecular flexibility index (Phi) is 2.66. The molecule has 0 fully saturated rings. The second-order valence-corrected chi connectivity index (χ2v) is 2.44. The van der Waals surface area contributed by atoms with Gasteiger partial charge in [0, 0.05) is 12.2 Å². The number of nitrogens with two attached hydrogens (primary N) is 2. The van der Waals surface area contributed by atoms with Gasteiger partial charge in [-0.2, -0.15) is 0 Å². The van der Waals surface area contributed by atoms with Crippen molar-refractivity contribution in [2.45, 2.75) is 6.54 Å². The lowest BCUT2D eigenvalue weighted by atomic mass is 10.2. The van der Waals surface area contributed by atoms with Crippen LogP contribution in [0.15, 0.2) is 24.3 Å². The molecule has 0 spiro atoms. The highest BCUT2D eigenvalue weighted by Crippen LogP contribution is 2.07. The molecule has 6 N–H and O–H groups in total. The van der Waals surface area contributed by atoms with E-state index in [1.54, 1.807) is 0 Å². The first-order chi connectivity index (χ1) is 5.72. The van der Waals surface area contributed by atoms with Crippen LogP contribution in [0.3, 0.4) is 0 Å². The highest BCUT2D eigenvalue weighted by atomic mass is 15.0. The number of benzene rings is 1. The number of hydrogen-bond donors (Lipinski definition) is 4. The third kappa shape index (κ3) is 2.25. The molecular formula is C8H12N4. The van der Waals surface area contributed by atoms with Crippen LogP contribution in [-0.2, 0) is 6.54 Å². The van der Waals surface area contributed by atoms with E-state index in [9.17, 15) is 0 Å². The van der Waals surface area contributed by atoms with Gasteiger partial charge in [-0.1, -0.05) is 12.1 Å². The molecular weight excluding hydrogens is 152 g/mol. The summed E-state index contributed by atoms with van der Waals surface area (Å²) in [7, 11) is 0. The van der Waals surface area contributed by atoms with Gasteiger partial charge < -0.3 is 16.8 Å². The molecule has 0 saturated heterocycles. The van der Waals surface area contributed by atoms with Crippen LogP contribution in [0.5, 0.6) is 0 Å². The first-order valence-electron chi connectivity index (χ1n) is 3.62. The van der Waals surface area contributed by atoms with Crippen molar-refractivity contribution in [3.63, 3.8) is 0 Å². The molecule has 4 nitrogen and oxygen atoms in total. The van der Waals surface area contributed by atoms with Crippen LogP contribution >= 0.6 is 0 Å². The molecule has 0 aromatic heterocycles. The molecule has 0 heterocycles. The number of rotatable bonds is 2. The van der Waals surface area contributed by atoms with E-state index in [0.717, 1.165) is 11.3 Å². The molecule has 1 aromatic carbocycles. The smallest absolute Gasteiger partial charge is 0.190 e. The zero-order valence-corrected chi connectivity index (χ0v) is 6.67. The van der Waals surface area contributed by atoms with Crippen LogP contribution < -0.4 is 16.8 Å². The summed E-state index contributed by atoms with van der Waals surface area (Å²) < 4.78 is 0. The van der Waals surface area contributed by atoms with E-state index in [1.165, 1.54) is 0 Å². The van der Waals surface area contributed by atoms with Gasteiger partial charge in [0.15, 0.2) is 5.96 Å². The second-order valence-electron chi connectivity index (χ2n) is 2.44. The Labute approximate surface area is 71.1 Å². The number of hydrogen-bond acceptors (Lipinski definition) is 2. The van der Waals surface area contributed by atoms with Crippen molar-refractivity contribution < 1.29 is 0 Å². The Balaban J connectivity index is 2.71. The van der Waals surface area contributed by atoms with Gasteiger partial charge in [0.05, 0.1) is 0 Å². The molecule has 0 radical (unpaired) electrons. The van der Waals surface area contributed by atoms with E-state index in [0.29, 0.717) is 6.54 Å². The SMILES string of the molecule is N=C(N)Nc1ccc(CN)cc1. The number of guanidine groups is 1. The van der Waals surface area contributed by atoms with Gasteiger partial charge in [-0.05, 0) is 17.7 Å². The maximum atomic E-state index is 6.97. The third-order valence-corrected chi connectivity index (χ3v) is 1.47. The van der Waals surface area contributed by atoms with Gasteiger partial charge >= 0.3 is 0 Å². The normalized spacial score (nSPS) is 9.42. The fourth-order valence-electron chi connectivity index (χ4n) is 0.880. The lowest BCUT2D eigenvalue weighted by Crippen LogP contribution is -2.20. The molecule has 64 valence electrons. The summed E-state index contributed by atoms with van der Waals surface area (Å²) in [6.07, 6.45) is 0. The van der Waals surface area contributed by atoms with E-state index < -0.39 is 0 Å². The van der Waals surface area contributed by atoms with Crippen LogP contribution in [0, 0.1) is 5.41 Å². The molecule has 0 atom stereocenters. The van der Waals surface area contributed by atoms with Crippen LogP contribution in [0.2, 0.25) is 0 Å². The van der Waals surface area contributed by atoms with Crippen molar-refractivity contribution in [1.29, 1.82) is 5.41 Å². The van der Waals surface area contributed by atoms with Gasteiger partial charge in [-0.25, -0.2) is 0 Å². The van der Waals surface area contributed by atoms with Crippen LogP contribution in [0.1, 0.15) is 5.56 Å². The molecule has 1 rings (SSSR count). The molecule has 0 unspecified atom stereocenters. The van der Waals surface area contributed by atoms with Gasteiger partial charge in [-0.3, -0.25) is 5.41 Å². The van der Waals surface area contributed by atoms with Crippen LogP contribution in [0.25, 0.3) is 0 Å². The zero-order chi connectivity index (χ0) is 8.97. The highest BCUT2D eigenvalue weighted by Gasteiger charge is 1.92. The third-order valence-electron chi connectivity index (χ3n) is 1.47. The van der Waals surface area contributed by atoms with Crippen molar-refractivity contribution in [3.05, 3.63) is 29.8 Å². The quantitative estimate of drug-likeness (QED) is 0.378.